The van der Waals surface area contributed by atoms with Crippen molar-refractivity contribution in [3.05, 3.63) is 57.3 Å². The van der Waals surface area contributed by atoms with Gasteiger partial charge in [-0.1, -0.05) is 5.16 Å². The number of aromatic nitrogens is 3. The molecule has 0 bridgehead atoms. The van der Waals surface area contributed by atoms with Crippen molar-refractivity contribution in [2.45, 2.75) is 39.5 Å². The van der Waals surface area contributed by atoms with E-state index in [4.69, 9.17) is 23.5 Å². The summed E-state index contributed by atoms with van der Waals surface area (Å²) < 4.78 is 30.1. The standard InChI is InChI=1S/C23H25N3O6/c1-14-20(27)10-22(31-12-18-11-28-7-8-29-18)26-6-5-16-9-17(3-4-19(16)23(14)26)30-13-21-24-15(2)25-32-21/h3-4,9-10,18H,5-8,11-13H2,1-2H3/t18-/m0/s1. The lowest BCUT2D eigenvalue weighted by atomic mass is 9.94. The molecule has 0 spiro atoms. The zero-order valence-corrected chi connectivity index (χ0v) is 18.1. The normalized spacial score (nSPS) is 17.5. The fraction of sp³-hybridized carbons (Fsp3) is 0.435. The molecule has 0 amide bonds. The summed E-state index contributed by atoms with van der Waals surface area (Å²) in [6.07, 6.45) is 0.663. The predicted octanol–water partition coefficient (Wildman–Crippen LogP) is 2.44. The molecule has 1 saturated heterocycles. The van der Waals surface area contributed by atoms with Crippen molar-refractivity contribution in [1.82, 2.24) is 14.7 Å². The van der Waals surface area contributed by atoms with Crippen molar-refractivity contribution < 1.29 is 23.5 Å². The quantitative estimate of drug-likeness (QED) is 0.578. The summed E-state index contributed by atoms with van der Waals surface area (Å²) in [7, 11) is 0. The molecular formula is C23H25N3O6. The third-order valence-electron chi connectivity index (χ3n) is 5.69. The van der Waals surface area contributed by atoms with E-state index in [2.05, 4.69) is 14.7 Å². The van der Waals surface area contributed by atoms with Crippen LogP contribution in [0, 0.1) is 13.8 Å². The van der Waals surface area contributed by atoms with Gasteiger partial charge in [0.1, 0.15) is 18.5 Å². The first-order valence-corrected chi connectivity index (χ1v) is 10.7. The minimum Gasteiger partial charge on any atom is -0.484 e. The molecule has 9 heteroatoms. The molecule has 1 atom stereocenters. The van der Waals surface area contributed by atoms with Crippen molar-refractivity contribution in [3.63, 3.8) is 0 Å². The van der Waals surface area contributed by atoms with Crippen molar-refractivity contribution >= 4 is 0 Å². The number of pyridine rings is 1. The summed E-state index contributed by atoms with van der Waals surface area (Å²) in [6.45, 7) is 6.53. The number of benzene rings is 1. The zero-order chi connectivity index (χ0) is 22.1. The molecule has 2 aliphatic rings. The lowest BCUT2D eigenvalue weighted by Crippen LogP contribution is -2.34. The molecule has 2 aromatic heterocycles. The molecule has 0 N–H and O–H groups in total. The topological polar surface area (TPSA) is 97.8 Å². The van der Waals surface area contributed by atoms with Crippen LogP contribution in [0.25, 0.3) is 11.3 Å². The van der Waals surface area contributed by atoms with E-state index in [1.807, 2.05) is 25.1 Å². The summed E-state index contributed by atoms with van der Waals surface area (Å²) in [4.78, 5) is 16.9. The average molecular weight is 439 g/mol. The van der Waals surface area contributed by atoms with E-state index in [1.54, 1.807) is 13.0 Å². The van der Waals surface area contributed by atoms with Gasteiger partial charge >= 0.3 is 0 Å². The smallest absolute Gasteiger partial charge is 0.264 e. The van der Waals surface area contributed by atoms with Crippen LogP contribution < -0.4 is 14.9 Å². The highest BCUT2D eigenvalue weighted by Crippen LogP contribution is 2.35. The highest BCUT2D eigenvalue weighted by molar-refractivity contribution is 5.70. The number of nitrogens with zero attached hydrogens (tertiary/aromatic N) is 3. The van der Waals surface area contributed by atoms with Gasteiger partial charge in [0.05, 0.1) is 25.5 Å². The Kier molecular flexibility index (Phi) is 5.67. The van der Waals surface area contributed by atoms with Gasteiger partial charge in [-0.2, -0.15) is 4.98 Å². The minimum atomic E-state index is -0.130. The summed E-state index contributed by atoms with van der Waals surface area (Å²) in [5.41, 5.74) is 3.66. The first-order chi connectivity index (χ1) is 15.6. The van der Waals surface area contributed by atoms with Gasteiger partial charge in [0.15, 0.2) is 23.7 Å². The molecule has 3 aromatic rings. The van der Waals surface area contributed by atoms with Crippen molar-refractivity contribution in [2.24, 2.45) is 0 Å². The number of ether oxygens (including phenoxy) is 4. The maximum atomic E-state index is 12.7. The molecule has 0 radical (unpaired) electrons. The fourth-order valence-electron chi connectivity index (χ4n) is 4.10. The van der Waals surface area contributed by atoms with E-state index in [0.717, 1.165) is 29.0 Å². The molecule has 1 aromatic carbocycles. The molecule has 5 rings (SSSR count). The van der Waals surface area contributed by atoms with Gasteiger partial charge in [-0.25, -0.2) is 0 Å². The largest absolute Gasteiger partial charge is 0.484 e. The third kappa shape index (κ3) is 4.13. The van der Waals surface area contributed by atoms with Crippen molar-refractivity contribution in [2.75, 3.05) is 26.4 Å². The van der Waals surface area contributed by atoms with Crippen LogP contribution in [0.4, 0.5) is 0 Å². The monoisotopic (exact) mass is 439 g/mol. The molecule has 9 nitrogen and oxygen atoms in total. The van der Waals surface area contributed by atoms with Crippen LogP contribution in [0.2, 0.25) is 0 Å². The van der Waals surface area contributed by atoms with Crippen LogP contribution in [-0.4, -0.2) is 47.2 Å². The van der Waals surface area contributed by atoms with Gasteiger partial charge in [0.2, 0.25) is 0 Å². The van der Waals surface area contributed by atoms with Crippen LogP contribution in [0.15, 0.2) is 33.6 Å². The van der Waals surface area contributed by atoms with E-state index in [-0.39, 0.29) is 18.1 Å². The molecule has 168 valence electrons. The third-order valence-corrected chi connectivity index (χ3v) is 5.69. The number of hydrogen-bond acceptors (Lipinski definition) is 8. The summed E-state index contributed by atoms with van der Waals surface area (Å²) >= 11 is 0. The highest BCUT2D eigenvalue weighted by Gasteiger charge is 2.24. The van der Waals surface area contributed by atoms with E-state index in [9.17, 15) is 4.79 Å². The van der Waals surface area contributed by atoms with Gasteiger partial charge in [0.25, 0.3) is 5.89 Å². The number of fused-ring (bicyclic) bond motifs is 3. The summed E-state index contributed by atoms with van der Waals surface area (Å²) in [6, 6.07) is 7.45. The van der Waals surface area contributed by atoms with Gasteiger partial charge in [-0.15, -0.1) is 0 Å². The zero-order valence-electron chi connectivity index (χ0n) is 18.1. The first kappa shape index (κ1) is 20.7. The van der Waals surface area contributed by atoms with E-state index < -0.39 is 0 Å². The number of aryl methyl sites for hydroxylation is 2. The van der Waals surface area contributed by atoms with Crippen LogP contribution >= 0.6 is 0 Å². The fourth-order valence-corrected chi connectivity index (χ4v) is 4.10. The van der Waals surface area contributed by atoms with Crippen LogP contribution in [0.3, 0.4) is 0 Å². The minimum absolute atomic E-state index is 0.0491. The second-order valence-corrected chi connectivity index (χ2v) is 7.94. The Hall–Kier alpha value is -3.17. The molecule has 4 heterocycles. The number of hydrogen-bond donors (Lipinski definition) is 0. The first-order valence-electron chi connectivity index (χ1n) is 10.7. The van der Waals surface area contributed by atoms with E-state index in [0.29, 0.717) is 56.1 Å². The Balaban J connectivity index is 1.39. The molecule has 1 fully saturated rings. The highest BCUT2D eigenvalue weighted by atomic mass is 16.6. The summed E-state index contributed by atoms with van der Waals surface area (Å²) in [5, 5.41) is 3.77. The van der Waals surface area contributed by atoms with Crippen LogP contribution in [-0.2, 0) is 29.0 Å². The number of rotatable bonds is 6. The van der Waals surface area contributed by atoms with Crippen LogP contribution in [0.5, 0.6) is 11.6 Å². The summed E-state index contributed by atoms with van der Waals surface area (Å²) in [5.74, 6) is 2.28. The SMILES string of the molecule is Cc1noc(COc2ccc3c(c2)CCn2c(OC[C@@H]4COCCO4)cc(=O)c(C)c2-3)n1. The Bertz CT molecular complexity index is 1180. The average Bonchev–Trinajstić information content (AvgIpc) is 3.24. The van der Waals surface area contributed by atoms with E-state index >= 15 is 0 Å². The Morgan fingerprint density at radius 2 is 2.09 bits per heavy atom. The van der Waals surface area contributed by atoms with Crippen molar-refractivity contribution in [3.8, 4) is 22.9 Å². The molecular weight excluding hydrogens is 414 g/mol. The van der Waals surface area contributed by atoms with Gasteiger partial charge < -0.3 is 28.0 Å². The lowest BCUT2D eigenvalue weighted by molar-refractivity contribution is -0.102. The molecule has 0 unspecified atom stereocenters. The maximum absolute atomic E-state index is 12.7. The Labute approximate surface area is 184 Å². The molecule has 0 aliphatic carbocycles. The van der Waals surface area contributed by atoms with Crippen LogP contribution in [0.1, 0.15) is 22.8 Å². The Morgan fingerprint density at radius 3 is 2.88 bits per heavy atom. The lowest BCUT2D eigenvalue weighted by Gasteiger charge is -2.28. The van der Waals surface area contributed by atoms with Gasteiger partial charge in [-0.3, -0.25) is 4.79 Å². The molecule has 2 aliphatic heterocycles. The molecule has 0 saturated carbocycles. The Morgan fingerprint density at radius 1 is 1.19 bits per heavy atom. The predicted molar refractivity (Wildman–Crippen MR) is 114 cm³/mol. The maximum Gasteiger partial charge on any atom is 0.264 e. The van der Waals surface area contributed by atoms with E-state index in [1.165, 1.54) is 0 Å². The second-order valence-electron chi connectivity index (χ2n) is 7.94. The van der Waals surface area contributed by atoms with Gasteiger partial charge in [-0.05, 0) is 44.0 Å². The molecule has 32 heavy (non-hydrogen) atoms. The van der Waals surface area contributed by atoms with Crippen molar-refractivity contribution in [1.29, 1.82) is 0 Å². The second kappa shape index (κ2) is 8.76. The van der Waals surface area contributed by atoms with Gasteiger partial charge in [0, 0.05) is 23.7 Å².